The van der Waals surface area contributed by atoms with E-state index in [1.165, 1.54) is 5.56 Å². The Morgan fingerprint density at radius 1 is 1.47 bits per heavy atom. The van der Waals surface area contributed by atoms with Gasteiger partial charge in [-0.25, -0.2) is 0 Å². The molecule has 0 spiro atoms. The molecule has 1 N–H and O–H groups in total. The van der Waals surface area contributed by atoms with Crippen molar-refractivity contribution in [2.75, 3.05) is 13.2 Å². The smallest absolute Gasteiger partial charge is 0.177 e. The number of aliphatic hydroxyl groups is 1. The fourth-order valence-corrected chi connectivity index (χ4v) is 1.98. The lowest BCUT2D eigenvalue weighted by atomic mass is 10.1. The molecule has 92 valence electrons. The Labute approximate surface area is 101 Å². The lowest BCUT2D eigenvalue weighted by molar-refractivity contribution is -0.180. The van der Waals surface area contributed by atoms with Crippen LogP contribution in [0.1, 0.15) is 11.1 Å². The van der Waals surface area contributed by atoms with Gasteiger partial charge >= 0.3 is 0 Å². The molecule has 1 aliphatic rings. The molecule has 2 rings (SSSR count). The van der Waals surface area contributed by atoms with Crippen LogP contribution in [0.25, 0.3) is 0 Å². The molecule has 0 bridgehead atoms. The maximum absolute atomic E-state index is 10.9. The lowest BCUT2D eigenvalue weighted by Gasteiger charge is -2.35. The van der Waals surface area contributed by atoms with Crippen LogP contribution in [0.2, 0.25) is 0 Å². The number of ether oxygens (including phenoxy) is 1. The van der Waals surface area contributed by atoms with Crippen molar-refractivity contribution in [2.45, 2.75) is 25.8 Å². The van der Waals surface area contributed by atoms with Gasteiger partial charge in [-0.05, 0) is 12.5 Å². The van der Waals surface area contributed by atoms with Crippen molar-refractivity contribution >= 4 is 6.29 Å². The van der Waals surface area contributed by atoms with Crippen molar-refractivity contribution in [3.63, 3.8) is 0 Å². The first-order valence-electron chi connectivity index (χ1n) is 5.75. The fraction of sp³-hybridized carbons (Fsp3) is 0.462. The zero-order valence-electron chi connectivity index (χ0n) is 9.87. The van der Waals surface area contributed by atoms with Crippen LogP contribution in [-0.2, 0) is 16.1 Å². The average Bonchev–Trinajstić information content (AvgIpc) is 2.32. The molecule has 0 aliphatic carbocycles. The Hall–Kier alpha value is -1.23. The second-order valence-electron chi connectivity index (χ2n) is 4.34. The molecule has 1 fully saturated rings. The molecule has 1 heterocycles. The monoisotopic (exact) mass is 235 g/mol. The second kappa shape index (κ2) is 5.40. The van der Waals surface area contributed by atoms with Gasteiger partial charge in [0.15, 0.2) is 6.29 Å². The Balaban J connectivity index is 2.06. The topological polar surface area (TPSA) is 49.8 Å². The summed E-state index contributed by atoms with van der Waals surface area (Å²) in [7, 11) is 0. The van der Waals surface area contributed by atoms with Crippen molar-refractivity contribution in [3.8, 4) is 0 Å². The van der Waals surface area contributed by atoms with E-state index in [1.54, 1.807) is 0 Å². The Morgan fingerprint density at radius 3 is 2.82 bits per heavy atom. The van der Waals surface area contributed by atoms with E-state index in [2.05, 4.69) is 0 Å². The molecule has 1 aromatic carbocycles. The van der Waals surface area contributed by atoms with E-state index in [-0.39, 0.29) is 0 Å². The van der Waals surface area contributed by atoms with Crippen molar-refractivity contribution < 1.29 is 14.6 Å². The van der Waals surface area contributed by atoms with Crippen LogP contribution in [0.5, 0.6) is 0 Å². The number of hydrogen-bond donors (Lipinski definition) is 1. The molecular formula is C13H17NO3. The summed E-state index contributed by atoms with van der Waals surface area (Å²) in [6, 6.07) is 7.60. The SMILES string of the molecule is Cc1ccc(CN2CCOC(O)C2C=O)cc1. The Bertz CT molecular complexity index is 377. The maximum Gasteiger partial charge on any atom is 0.177 e. The predicted octanol–water partition coefficient (Wildman–Crippen LogP) is 0.713. The first-order chi connectivity index (χ1) is 8.20. The van der Waals surface area contributed by atoms with Crippen LogP contribution >= 0.6 is 0 Å². The molecule has 1 aromatic rings. The van der Waals surface area contributed by atoms with E-state index in [9.17, 15) is 9.90 Å². The van der Waals surface area contributed by atoms with Gasteiger partial charge in [0.1, 0.15) is 12.3 Å². The third kappa shape index (κ3) is 2.91. The first kappa shape index (κ1) is 12.2. The number of benzene rings is 1. The summed E-state index contributed by atoms with van der Waals surface area (Å²) in [6.07, 6.45) is -0.260. The van der Waals surface area contributed by atoms with Crippen LogP contribution in [0.4, 0.5) is 0 Å². The molecular weight excluding hydrogens is 218 g/mol. The van der Waals surface area contributed by atoms with Crippen molar-refractivity contribution in [2.24, 2.45) is 0 Å². The minimum atomic E-state index is -1.01. The highest BCUT2D eigenvalue weighted by Crippen LogP contribution is 2.15. The summed E-state index contributed by atoms with van der Waals surface area (Å²) in [5.74, 6) is 0. The van der Waals surface area contributed by atoms with Gasteiger partial charge in [-0.1, -0.05) is 29.8 Å². The van der Waals surface area contributed by atoms with E-state index in [1.807, 2.05) is 36.1 Å². The van der Waals surface area contributed by atoms with Crippen molar-refractivity contribution in [1.29, 1.82) is 0 Å². The zero-order valence-corrected chi connectivity index (χ0v) is 9.87. The first-order valence-corrected chi connectivity index (χ1v) is 5.75. The summed E-state index contributed by atoms with van der Waals surface area (Å²) >= 11 is 0. The highest BCUT2D eigenvalue weighted by molar-refractivity contribution is 5.58. The second-order valence-corrected chi connectivity index (χ2v) is 4.34. The minimum absolute atomic E-state index is 0.456. The molecule has 4 nitrogen and oxygen atoms in total. The van der Waals surface area contributed by atoms with Crippen LogP contribution in [0, 0.1) is 6.92 Å². The number of rotatable bonds is 3. The van der Waals surface area contributed by atoms with E-state index in [0.717, 1.165) is 11.8 Å². The molecule has 0 saturated carbocycles. The van der Waals surface area contributed by atoms with E-state index >= 15 is 0 Å². The summed E-state index contributed by atoms with van der Waals surface area (Å²) < 4.78 is 5.05. The van der Waals surface area contributed by atoms with E-state index in [0.29, 0.717) is 19.7 Å². The molecule has 0 aromatic heterocycles. The van der Waals surface area contributed by atoms with Gasteiger partial charge in [-0.3, -0.25) is 4.90 Å². The summed E-state index contributed by atoms with van der Waals surface area (Å²) in [5.41, 5.74) is 2.35. The van der Waals surface area contributed by atoms with Crippen LogP contribution in [-0.4, -0.2) is 41.8 Å². The number of morpholine rings is 1. The van der Waals surface area contributed by atoms with Crippen molar-refractivity contribution in [3.05, 3.63) is 35.4 Å². The normalized spacial score (nSPS) is 25.8. The lowest BCUT2D eigenvalue weighted by Crippen LogP contribution is -2.51. The number of nitrogens with zero attached hydrogens (tertiary/aromatic N) is 1. The Kier molecular flexibility index (Phi) is 3.89. The summed E-state index contributed by atoms with van der Waals surface area (Å²) in [4.78, 5) is 12.9. The van der Waals surface area contributed by atoms with Crippen LogP contribution < -0.4 is 0 Å². The number of hydrogen-bond acceptors (Lipinski definition) is 4. The fourth-order valence-electron chi connectivity index (χ4n) is 1.98. The number of carbonyl (C=O) groups excluding carboxylic acids is 1. The molecule has 1 saturated heterocycles. The molecule has 0 radical (unpaired) electrons. The minimum Gasteiger partial charge on any atom is -0.366 e. The van der Waals surface area contributed by atoms with Crippen LogP contribution in [0.3, 0.4) is 0 Å². The van der Waals surface area contributed by atoms with Gasteiger partial charge in [0.25, 0.3) is 0 Å². The zero-order chi connectivity index (χ0) is 12.3. The standard InChI is InChI=1S/C13H17NO3/c1-10-2-4-11(5-3-10)8-14-6-7-17-13(16)12(14)9-15/h2-5,9,12-13,16H,6-8H2,1H3. The van der Waals surface area contributed by atoms with Crippen LogP contribution in [0.15, 0.2) is 24.3 Å². The van der Waals surface area contributed by atoms with Gasteiger partial charge in [0.2, 0.25) is 0 Å². The van der Waals surface area contributed by atoms with Gasteiger partial charge in [0.05, 0.1) is 6.61 Å². The highest BCUT2D eigenvalue weighted by atomic mass is 16.6. The molecule has 2 atom stereocenters. The van der Waals surface area contributed by atoms with Crippen molar-refractivity contribution in [1.82, 2.24) is 4.90 Å². The third-order valence-electron chi connectivity index (χ3n) is 3.03. The maximum atomic E-state index is 10.9. The molecule has 0 amide bonds. The van der Waals surface area contributed by atoms with Gasteiger partial charge in [0, 0.05) is 13.1 Å². The molecule has 4 heteroatoms. The largest absolute Gasteiger partial charge is 0.366 e. The molecule has 17 heavy (non-hydrogen) atoms. The Morgan fingerprint density at radius 2 is 2.18 bits per heavy atom. The third-order valence-corrected chi connectivity index (χ3v) is 3.03. The van der Waals surface area contributed by atoms with Gasteiger partial charge < -0.3 is 14.6 Å². The molecule has 1 aliphatic heterocycles. The summed E-state index contributed by atoms with van der Waals surface area (Å²) in [6.45, 7) is 3.81. The van der Waals surface area contributed by atoms with Gasteiger partial charge in [-0.2, -0.15) is 0 Å². The van der Waals surface area contributed by atoms with E-state index < -0.39 is 12.3 Å². The number of aryl methyl sites for hydroxylation is 1. The highest BCUT2D eigenvalue weighted by Gasteiger charge is 2.30. The van der Waals surface area contributed by atoms with Gasteiger partial charge in [-0.15, -0.1) is 0 Å². The van der Waals surface area contributed by atoms with E-state index in [4.69, 9.17) is 4.74 Å². The number of aliphatic hydroxyl groups excluding tert-OH is 1. The quantitative estimate of drug-likeness (QED) is 0.784. The summed E-state index contributed by atoms with van der Waals surface area (Å²) in [5, 5.41) is 9.57. The predicted molar refractivity (Wildman–Crippen MR) is 63.4 cm³/mol. The average molecular weight is 235 g/mol. The number of carbonyl (C=O) groups is 1. The number of aldehydes is 1. The molecule has 2 unspecified atom stereocenters.